The maximum absolute atomic E-state index is 13.2. The molecule has 0 aliphatic rings. The fourth-order valence-corrected chi connectivity index (χ4v) is 1.34. The topological polar surface area (TPSA) is 26.0 Å². The molecule has 0 bridgehead atoms. The van der Waals surface area contributed by atoms with Crippen molar-refractivity contribution in [3.8, 4) is 0 Å². The van der Waals surface area contributed by atoms with E-state index in [0.717, 1.165) is 5.57 Å². The molecule has 3 heteroatoms. The Hall–Kier alpha value is -1.22. The van der Waals surface area contributed by atoms with Gasteiger partial charge >= 0.3 is 0 Å². The summed E-state index contributed by atoms with van der Waals surface area (Å²) in [6.45, 7) is 5.43. The van der Waals surface area contributed by atoms with Crippen LogP contribution < -0.4 is 5.73 Å². The van der Waals surface area contributed by atoms with Crippen LogP contribution in [0.15, 0.2) is 30.4 Å². The zero-order valence-corrected chi connectivity index (χ0v) is 8.06. The predicted octanol–water partition coefficient (Wildman–Crippen LogP) is 2.93. The fraction of sp³-hybridized carbons (Fsp3) is 0.273. The van der Waals surface area contributed by atoms with Crippen molar-refractivity contribution in [2.75, 3.05) is 0 Å². The lowest BCUT2D eigenvalue weighted by atomic mass is 10.0. The van der Waals surface area contributed by atoms with Crippen LogP contribution in [0.5, 0.6) is 0 Å². The van der Waals surface area contributed by atoms with E-state index in [1.165, 1.54) is 18.2 Å². The quantitative estimate of drug-likeness (QED) is 0.741. The Bertz CT molecular complexity index is 327. The van der Waals surface area contributed by atoms with Crippen molar-refractivity contribution in [3.05, 3.63) is 47.5 Å². The van der Waals surface area contributed by atoms with Gasteiger partial charge in [0.25, 0.3) is 0 Å². The molecule has 0 heterocycles. The van der Waals surface area contributed by atoms with Gasteiger partial charge in [0.2, 0.25) is 0 Å². The summed E-state index contributed by atoms with van der Waals surface area (Å²) in [4.78, 5) is 0. The Morgan fingerprint density at radius 2 is 1.93 bits per heavy atom. The average molecular weight is 197 g/mol. The molecule has 1 aromatic rings. The first-order chi connectivity index (χ1) is 6.52. The lowest BCUT2D eigenvalue weighted by Gasteiger charge is -2.13. The van der Waals surface area contributed by atoms with Crippen LogP contribution in [0.4, 0.5) is 8.78 Å². The third-order valence-electron chi connectivity index (χ3n) is 1.94. The van der Waals surface area contributed by atoms with Crippen molar-refractivity contribution in [1.82, 2.24) is 0 Å². The smallest absolute Gasteiger partial charge is 0.130 e. The Morgan fingerprint density at radius 1 is 1.43 bits per heavy atom. The molecule has 0 fully saturated rings. The Labute approximate surface area is 82.2 Å². The number of benzene rings is 1. The summed E-state index contributed by atoms with van der Waals surface area (Å²) in [5.41, 5.74) is 6.40. The largest absolute Gasteiger partial charge is 0.324 e. The molecule has 76 valence electrons. The zero-order chi connectivity index (χ0) is 10.7. The summed E-state index contributed by atoms with van der Waals surface area (Å²) in [6.07, 6.45) is 0.387. The van der Waals surface area contributed by atoms with E-state index >= 15 is 0 Å². The van der Waals surface area contributed by atoms with E-state index in [1.807, 2.05) is 0 Å². The maximum atomic E-state index is 13.2. The van der Waals surface area contributed by atoms with Gasteiger partial charge in [0, 0.05) is 11.6 Å². The van der Waals surface area contributed by atoms with Crippen LogP contribution in [0.25, 0.3) is 0 Å². The first-order valence-electron chi connectivity index (χ1n) is 4.36. The van der Waals surface area contributed by atoms with Crippen molar-refractivity contribution in [2.24, 2.45) is 5.73 Å². The van der Waals surface area contributed by atoms with Crippen molar-refractivity contribution in [1.29, 1.82) is 0 Å². The molecule has 0 aliphatic carbocycles. The second-order valence-electron chi connectivity index (χ2n) is 3.40. The molecule has 1 atom stereocenters. The van der Waals surface area contributed by atoms with Crippen LogP contribution in [0, 0.1) is 11.6 Å². The molecule has 0 saturated heterocycles. The molecule has 0 radical (unpaired) electrons. The average Bonchev–Trinajstić information content (AvgIpc) is 2.01. The van der Waals surface area contributed by atoms with Crippen LogP contribution in [-0.2, 0) is 0 Å². The van der Waals surface area contributed by atoms with E-state index in [4.69, 9.17) is 5.73 Å². The lowest BCUT2D eigenvalue weighted by Crippen LogP contribution is -2.14. The van der Waals surface area contributed by atoms with Gasteiger partial charge in [0.05, 0.1) is 0 Å². The molecule has 2 N–H and O–H groups in total. The zero-order valence-electron chi connectivity index (χ0n) is 8.06. The normalized spacial score (nSPS) is 12.6. The number of rotatable bonds is 3. The minimum Gasteiger partial charge on any atom is -0.324 e. The minimum absolute atomic E-state index is 0.0597. The molecule has 0 amide bonds. The van der Waals surface area contributed by atoms with E-state index in [0.29, 0.717) is 6.42 Å². The van der Waals surface area contributed by atoms with Crippen LogP contribution in [-0.4, -0.2) is 0 Å². The van der Waals surface area contributed by atoms with Gasteiger partial charge in [-0.05, 0) is 25.5 Å². The molecule has 1 rings (SSSR count). The molecule has 1 nitrogen and oxygen atoms in total. The van der Waals surface area contributed by atoms with Crippen molar-refractivity contribution in [2.45, 2.75) is 19.4 Å². The molecular formula is C11H13F2N. The van der Waals surface area contributed by atoms with Gasteiger partial charge in [-0.2, -0.15) is 0 Å². The molecule has 0 spiro atoms. The highest BCUT2D eigenvalue weighted by molar-refractivity contribution is 5.24. The summed E-state index contributed by atoms with van der Waals surface area (Å²) in [7, 11) is 0. The Kier molecular flexibility index (Phi) is 3.36. The van der Waals surface area contributed by atoms with Gasteiger partial charge in [0.1, 0.15) is 11.6 Å². The minimum atomic E-state index is -0.659. The second-order valence-corrected chi connectivity index (χ2v) is 3.40. The first kappa shape index (κ1) is 10.9. The van der Waals surface area contributed by atoms with Crippen LogP contribution in [0.1, 0.15) is 24.9 Å². The van der Waals surface area contributed by atoms with E-state index in [1.54, 1.807) is 6.92 Å². The highest BCUT2D eigenvalue weighted by Crippen LogP contribution is 2.23. The van der Waals surface area contributed by atoms with Gasteiger partial charge in [-0.25, -0.2) is 8.78 Å². The van der Waals surface area contributed by atoms with Gasteiger partial charge < -0.3 is 5.73 Å². The van der Waals surface area contributed by atoms with Crippen LogP contribution in [0.3, 0.4) is 0 Å². The third kappa shape index (κ3) is 2.39. The Morgan fingerprint density at radius 3 is 2.36 bits per heavy atom. The number of halogens is 2. The maximum Gasteiger partial charge on any atom is 0.130 e. The summed E-state index contributed by atoms with van der Waals surface area (Å²) in [6, 6.07) is 3.07. The monoisotopic (exact) mass is 197 g/mol. The highest BCUT2D eigenvalue weighted by Gasteiger charge is 2.15. The summed E-state index contributed by atoms with van der Waals surface area (Å²) in [5.74, 6) is -1.20. The molecule has 0 saturated carbocycles. The van der Waals surface area contributed by atoms with Gasteiger partial charge in [-0.3, -0.25) is 0 Å². The lowest BCUT2D eigenvalue weighted by molar-refractivity contribution is 0.524. The van der Waals surface area contributed by atoms with Gasteiger partial charge in [0.15, 0.2) is 0 Å². The van der Waals surface area contributed by atoms with Crippen molar-refractivity contribution in [3.63, 3.8) is 0 Å². The SMILES string of the molecule is C=C(C)C[C@H](N)c1c(F)cccc1F. The van der Waals surface area contributed by atoms with Gasteiger partial charge in [-0.15, -0.1) is 6.58 Å². The summed E-state index contributed by atoms with van der Waals surface area (Å²) >= 11 is 0. The van der Waals surface area contributed by atoms with E-state index in [2.05, 4.69) is 6.58 Å². The van der Waals surface area contributed by atoms with E-state index in [-0.39, 0.29) is 5.56 Å². The van der Waals surface area contributed by atoms with Crippen LogP contribution >= 0.6 is 0 Å². The molecule has 14 heavy (non-hydrogen) atoms. The molecule has 0 aliphatic heterocycles. The molecule has 1 aromatic carbocycles. The van der Waals surface area contributed by atoms with Crippen LogP contribution in [0.2, 0.25) is 0 Å². The van der Waals surface area contributed by atoms with Gasteiger partial charge in [-0.1, -0.05) is 11.6 Å². The third-order valence-corrected chi connectivity index (χ3v) is 1.94. The molecule has 0 unspecified atom stereocenters. The molecule has 0 aromatic heterocycles. The second kappa shape index (κ2) is 4.33. The number of hydrogen-bond acceptors (Lipinski definition) is 1. The number of nitrogens with two attached hydrogens (primary N) is 1. The van der Waals surface area contributed by atoms with E-state index in [9.17, 15) is 8.78 Å². The summed E-state index contributed by atoms with van der Waals surface area (Å²) < 4.78 is 26.4. The standard InChI is InChI=1S/C11H13F2N/c1-7(2)6-10(14)11-8(12)4-3-5-9(11)13/h3-5,10H,1,6,14H2,2H3/t10-/m0/s1. The summed E-state index contributed by atoms with van der Waals surface area (Å²) in [5, 5.41) is 0. The van der Waals surface area contributed by atoms with Crippen molar-refractivity contribution >= 4 is 0 Å². The highest BCUT2D eigenvalue weighted by atomic mass is 19.1. The van der Waals surface area contributed by atoms with E-state index < -0.39 is 17.7 Å². The molecular weight excluding hydrogens is 184 g/mol. The Balaban J connectivity index is 2.99. The first-order valence-corrected chi connectivity index (χ1v) is 4.36. The fourth-order valence-electron chi connectivity index (χ4n) is 1.34. The van der Waals surface area contributed by atoms with Crippen molar-refractivity contribution < 1.29 is 8.78 Å². The predicted molar refractivity (Wildman–Crippen MR) is 52.7 cm³/mol. The number of hydrogen-bond donors (Lipinski definition) is 1.